The predicted molar refractivity (Wildman–Crippen MR) is 112 cm³/mol. The zero-order valence-corrected chi connectivity index (χ0v) is 17.2. The van der Waals surface area contributed by atoms with Gasteiger partial charge < -0.3 is 10.2 Å². The molecule has 2 amide bonds. The lowest BCUT2D eigenvalue weighted by atomic mass is 9.81. The van der Waals surface area contributed by atoms with E-state index in [0.29, 0.717) is 5.91 Å². The molecule has 1 saturated heterocycles. The van der Waals surface area contributed by atoms with E-state index in [-0.39, 0.29) is 17.7 Å². The predicted octanol–water partition coefficient (Wildman–Crippen LogP) is 3.05. The van der Waals surface area contributed by atoms with Gasteiger partial charge in [-0.15, -0.1) is 0 Å². The lowest BCUT2D eigenvalue weighted by Gasteiger charge is -2.37. The first-order valence-electron chi connectivity index (χ1n) is 11.0. The molecule has 2 aliphatic rings. The van der Waals surface area contributed by atoms with Gasteiger partial charge in [-0.3, -0.25) is 14.5 Å². The van der Waals surface area contributed by atoms with Gasteiger partial charge in [-0.05, 0) is 37.7 Å². The van der Waals surface area contributed by atoms with Crippen LogP contribution in [0.1, 0.15) is 51.0 Å². The Hall–Kier alpha value is -1.88. The Balaban J connectivity index is 1.38. The van der Waals surface area contributed by atoms with Gasteiger partial charge >= 0.3 is 0 Å². The molecule has 2 fully saturated rings. The first-order chi connectivity index (χ1) is 13.7. The van der Waals surface area contributed by atoms with E-state index in [9.17, 15) is 9.59 Å². The highest BCUT2D eigenvalue weighted by atomic mass is 16.2. The monoisotopic (exact) mass is 385 g/mol. The molecular formula is C23H35N3O2. The third-order valence-corrected chi connectivity index (χ3v) is 6.21. The number of rotatable bonds is 7. The van der Waals surface area contributed by atoms with E-state index in [0.717, 1.165) is 77.8 Å². The molecule has 0 atom stereocenters. The Morgan fingerprint density at radius 2 is 1.61 bits per heavy atom. The van der Waals surface area contributed by atoms with Crippen molar-refractivity contribution in [3.05, 3.63) is 35.9 Å². The van der Waals surface area contributed by atoms with Crippen molar-refractivity contribution in [1.29, 1.82) is 0 Å². The maximum Gasteiger partial charge on any atom is 0.225 e. The lowest BCUT2D eigenvalue weighted by molar-refractivity contribution is -0.140. The van der Waals surface area contributed by atoms with Crippen LogP contribution in [0, 0.1) is 11.8 Å². The summed E-state index contributed by atoms with van der Waals surface area (Å²) in [5.41, 5.74) is 1.33. The van der Waals surface area contributed by atoms with Crippen molar-refractivity contribution in [2.24, 2.45) is 11.8 Å². The van der Waals surface area contributed by atoms with Gasteiger partial charge in [-0.25, -0.2) is 0 Å². The van der Waals surface area contributed by atoms with Crippen molar-refractivity contribution in [1.82, 2.24) is 15.1 Å². The second-order valence-corrected chi connectivity index (χ2v) is 8.28. The topological polar surface area (TPSA) is 52.7 Å². The number of hydrogen-bond acceptors (Lipinski definition) is 3. The normalized spacial score (nSPS) is 23.4. The molecule has 3 rings (SSSR count). The van der Waals surface area contributed by atoms with Crippen molar-refractivity contribution in [3.63, 3.8) is 0 Å². The quantitative estimate of drug-likeness (QED) is 0.734. The van der Waals surface area contributed by atoms with Crippen LogP contribution in [0.15, 0.2) is 30.3 Å². The molecule has 154 valence electrons. The number of nitrogens with one attached hydrogen (secondary N) is 1. The van der Waals surface area contributed by atoms with Gasteiger partial charge in [0.25, 0.3) is 0 Å². The minimum Gasteiger partial charge on any atom is -0.356 e. The maximum atomic E-state index is 12.9. The number of unbranched alkanes of at least 4 members (excludes halogenated alkanes) is 1. The zero-order chi connectivity index (χ0) is 19.8. The molecule has 1 aromatic rings. The molecule has 0 spiro atoms. The van der Waals surface area contributed by atoms with Crippen LogP contribution < -0.4 is 5.32 Å². The molecule has 1 N–H and O–H groups in total. The number of carbonyl (C=O) groups excluding carboxylic acids is 2. The molecule has 1 aliphatic heterocycles. The lowest BCUT2D eigenvalue weighted by Crippen LogP contribution is -2.50. The zero-order valence-electron chi connectivity index (χ0n) is 17.2. The number of piperazine rings is 1. The second-order valence-electron chi connectivity index (χ2n) is 8.28. The summed E-state index contributed by atoms with van der Waals surface area (Å²) in [6.45, 7) is 7.39. The van der Waals surface area contributed by atoms with Crippen molar-refractivity contribution in [3.8, 4) is 0 Å². The Morgan fingerprint density at radius 3 is 2.25 bits per heavy atom. The minimum atomic E-state index is 0.101. The van der Waals surface area contributed by atoms with Crippen LogP contribution in [0.3, 0.4) is 0 Å². The van der Waals surface area contributed by atoms with E-state index in [1.54, 1.807) is 0 Å². The van der Waals surface area contributed by atoms with Crippen LogP contribution in [-0.2, 0) is 16.1 Å². The fraction of sp³-hybridized carbons (Fsp3) is 0.652. The van der Waals surface area contributed by atoms with Gasteiger partial charge in [0.05, 0.1) is 0 Å². The first-order valence-corrected chi connectivity index (χ1v) is 11.0. The number of carbonyl (C=O) groups is 2. The molecule has 5 nitrogen and oxygen atoms in total. The van der Waals surface area contributed by atoms with Gasteiger partial charge in [-0.1, -0.05) is 43.7 Å². The molecule has 1 heterocycles. The number of amides is 2. The summed E-state index contributed by atoms with van der Waals surface area (Å²) in [5.74, 6) is 0.710. The molecule has 5 heteroatoms. The highest BCUT2D eigenvalue weighted by Gasteiger charge is 2.33. The smallest absolute Gasteiger partial charge is 0.225 e. The van der Waals surface area contributed by atoms with Crippen molar-refractivity contribution in [2.45, 2.75) is 52.0 Å². The molecule has 0 radical (unpaired) electrons. The third kappa shape index (κ3) is 5.81. The van der Waals surface area contributed by atoms with Crippen LogP contribution in [0.25, 0.3) is 0 Å². The Labute approximate surface area is 169 Å². The summed E-state index contributed by atoms with van der Waals surface area (Å²) >= 11 is 0. The molecule has 1 aromatic carbocycles. The Kier molecular flexibility index (Phi) is 7.90. The van der Waals surface area contributed by atoms with E-state index in [1.165, 1.54) is 5.56 Å². The van der Waals surface area contributed by atoms with Gasteiger partial charge in [-0.2, -0.15) is 0 Å². The standard InChI is InChI=1S/C23H35N3O2/c1-2-3-13-24-22(27)20-9-11-21(12-10-20)23(28)26-16-14-25(15-17-26)18-19-7-5-4-6-8-19/h4-8,20-21H,2-3,9-18H2,1H3,(H,24,27). The van der Waals surface area contributed by atoms with Crippen LogP contribution in [-0.4, -0.2) is 54.3 Å². The SMILES string of the molecule is CCCCNC(=O)C1CCC(C(=O)N2CCN(Cc3ccccc3)CC2)CC1. The molecule has 1 aliphatic carbocycles. The first kappa shape index (κ1) is 20.8. The largest absolute Gasteiger partial charge is 0.356 e. The van der Waals surface area contributed by atoms with Gasteiger partial charge in [0, 0.05) is 51.1 Å². The highest BCUT2D eigenvalue weighted by Crippen LogP contribution is 2.30. The average molecular weight is 386 g/mol. The van der Waals surface area contributed by atoms with E-state index >= 15 is 0 Å². The Bertz CT molecular complexity index is 618. The number of hydrogen-bond donors (Lipinski definition) is 1. The summed E-state index contributed by atoms with van der Waals surface area (Å²) in [4.78, 5) is 29.6. The summed E-state index contributed by atoms with van der Waals surface area (Å²) < 4.78 is 0. The van der Waals surface area contributed by atoms with Gasteiger partial charge in [0.2, 0.25) is 11.8 Å². The summed E-state index contributed by atoms with van der Waals surface area (Å²) in [7, 11) is 0. The molecular weight excluding hydrogens is 350 g/mol. The summed E-state index contributed by atoms with van der Waals surface area (Å²) in [5, 5.41) is 3.05. The highest BCUT2D eigenvalue weighted by molar-refractivity contribution is 5.81. The van der Waals surface area contributed by atoms with E-state index < -0.39 is 0 Å². The van der Waals surface area contributed by atoms with Gasteiger partial charge in [0.15, 0.2) is 0 Å². The fourth-order valence-corrected chi connectivity index (χ4v) is 4.36. The van der Waals surface area contributed by atoms with Crippen LogP contribution in [0.5, 0.6) is 0 Å². The van der Waals surface area contributed by atoms with Crippen LogP contribution in [0.4, 0.5) is 0 Å². The van der Waals surface area contributed by atoms with E-state index in [2.05, 4.69) is 41.4 Å². The third-order valence-electron chi connectivity index (χ3n) is 6.21. The minimum absolute atomic E-state index is 0.101. The van der Waals surface area contributed by atoms with Crippen molar-refractivity contribution < 1.29 is 9.59 Å². The van der Waals surface area contributed by atoms with Gasteiger partial charge in [0.1, 0.15) is 0 Å². The number of nitrogens with zero attached hydrogens (tertiary/aromatic N) is 2. The number of benzene rings is 1. The molecule has 1 saturated carbocycles. The second kappa shape index (κ2) is 10.6. The Morgan fingerprint density at radius 1 is 0.964 bits per heavy atom. The molecule has 28 heavy (non-hydrogen) atoms. The van der Waals surface area contributed by atoms with Crippen molar-refractivity contribution >= 4 is 11.8 Å². The van der Waals surface area contributed by atoms with E-state index in [4.69, 9.17) is 0 Å². The maximum absolute atomic E-state index is 12.9. The van der Waals surface area contributed by atoms with E-state index in [1.807, 2.05) is 11.0 Å². The van der Waals surface area contributed by atoms with Crippen LogP contribution >= 0.6 is 0 Å². The summed E-state index contributed by atoms with van der Waals surface area (Å²) in [6.07, 6.45) is 5.55. The average Bonchev–Trinajstić information content (AvgIpc) is 2.75. The molecule has 0 aromatic heterocycles. The molecule has 0 unspecified atom stereocenters. The molecule has 0 bridgehead atoms. The fourth-order valence-electron chi connectivity index (χ4n) is 4.36. The van der Waals surface area contributed by atoms with Crippen molar-refractivity contribution in [2.75, 3.05) is 32.7 Å². The van der Waals surface area contributed by atoms with Crippen LogP contribution in [0.2, 0.25) is 0 Å². The summed E-state index contributed by atoms with van der Waals surface area (Å²) in [6, 6.07) is 10.5.